The number of carboxylic acids is 1. The van der Waals surface area contributed by atoms with Gasteiger partial charge in [0.05, 0.1) is 10.3 Å². The van der Waals surface area contributed by atoms with Crippen LogP contribution < -0.4 is 5.73 Å². The molecule has 0 spiro atoms. The Balaban J connectivity index is 2.52. The van der Waals surface area contributed by atoms with Crippen LogP contribution in [0.2, 0.25) is 0 Å². The Labute approximate surface area is 116 Å². The van der Waals surface area contributed by atoms with E-state index >= 15 is 0 Å². The van der Waals surface area contributed by atoms with Crippen LogP contribution in [0.5, 0.6) is 0 Å². The number of benzene rings is 1. The van der Waals surface area contributed by atoms with Gasteiger partial charge in [-0.05, 0) is 12.8 Å². The number of para-hydroxylation sites is 1. The quantitative estimate of drug-likeness (QED) is 0.634. The predicted molar refractivity (Wildman–Crippen MR) is 73.4 cm³/mol. The zero-order chi connectivity index (χ0) is 14.8. The summed E-state index contributed by atoms with van der Waals surface area (Å²) in [6.45, 7) is 0.0944. The molecule has 3 N–H and O–H groups in total. The minimum atomic E-state index is -0.971. The molecule has 0 aliphatic heterocycles. The molecule has 6 nitrogen and oxygen atoms in total. The molecule has 0 amide bonds. The van der Waals surface area contributed by atoms with Gasteiger partial charge in [0.2, 0.25) is 0 Å². The number of carbonyl (C=O) groups is 1. The summed E-state index contributed by atoms with van der Waals surface area (Å²) in [6, 6.07) is 6.30. The minimum Gasteiger partial charge on any atom is -0.481 e. The topological polar surface area (TPSA) is 106 Å². The van der Waals surface area contributed by atoms with Crippen molar-refractivity contribution in [3.63, 3.8) is 0 Å². The van der Waals surface area contributed by atoms with E-state index in [1.54, 1.807) is 18.2 Å². The SMILES string of the molecule is NC[C@@H](c1ccccc1[N+](=O)[O-])C1(C(=O)O)CCCC1. The number of rotatable bonds is 5. The van der Waals surface area contributed by atoms with Gasteiger partial charge >= 0.3 is 5.97 Å². The van der Waals surface area contributed by atoms with Gasteiger partial charge < -0.3 is 10.8 Å². The molecule has 0 heterocycles. The first-order valence-corrected chi connectivity index (χ1v) is 6.69. The maximum absolute atomic E-state index is 11.8. The average Bonchev–Trinajstić information content (AvgIpc) is 2.91. The van der Waals surface area contributed by atoms with Gasteiger partial charge in [0.25, 0.3) is 5.69 Å². The van der Waals surface area contributed by atoms with E-state index < -0.39 is 22.2 Å². The highest BCUT2D eigenvalue weighted by Crippen LogP contribution is 2.50. The Kier molecular flexibility index (Phi) is 4.04. The lowest BCUT2D eigenvalue weighted by molar-refractivity contribution is -0.385. The first-order chi connectivity index (χ1) is 9.53. The number of carboxylic acid groups (broad SMARTS) is 1. The molecule has 1 aliphatic rings. The van der Waals surface area contributed by atoms with Gasteiger partial charge in [-0.3, -0.25) is 14.9 Å². The molecule has 20 heavy (non-hydrogen) atoms. The van der Waals surface area contributed by atoms with Crippen molar-refractivity contribution in [3.05, 3.63) is 39.9 Å². The summed E-state index contributed by atoms with van der Waals surface area (Å²) in [5.41, 5.74) is 5.21. The largest absolute Gasteiger partial charge is 0.481 e. The van der Waals surface area contributed by atoms with Crippen molar-refractivity contribution < 1.29 is 14.8 Å². The van der Waals surface area contributed by atoms with Gasteiger partial charge in [-0.25, -0.2) is 0 Å². The van der Waals surface area contributed by atoms with E-state index in [9.17, 15) is 20.0 Å². The van der Waals surface area contributed by atoms with Crippen LogP contribution in [0.25, 0.3) is 0 Å². The number of nitro benzene ring substituents is 1. The van der Waals surface area contributed by atoms with Crippen LogP contribution in [0.15, 0.2) is 24.3 Å². The fourth-order valence-electron chi connectivity index (χ4n) is 3.32. The number of hydrogen-bond acceptors (Lipinski definition) is 4. The molecule has 6 heteroatoms. The molecule has 1 saturated carbocycles. The number of nitrogens with two attached hydrogens (primary N) is 1. The van der Waals surface area contributed by atoms with Gasteiger partial charge in [-0.2, -0.15) is 0 Å². The molecule has 1 aliphatic carbocycles. The first-order valence-electron chi connectivity index (χ1n) is 6.69. The molecular formula is C14H18N2O4. The molecule has 1 atom stereocenters. The summed E-state index contributed by atoms with van der Waals surface area (Å²) in [6.07, 6.45) is 2.69. The molecule has 0 aromatic heterocycles. The van der Waals surface area contributed by atoms with Crippen molar-refractivity contribution in [2.24, 2.45) is 11.1 Å². The van der Waals surface area contributed by atoms with E-state index in [2.05, 4.69) is 0 Å². The normalized spacial score (nSPS) is 18.6. The van der Waals surface area contributed by atoms with E-state index in [4.69, 9.17) is 5.73 Å². The number of nitrogens with zero attached hydrogens (tertiary/aromatic N) is 1. The summed E-state index contributed by atoms with van der Waals surface area (Å²) >= 11 is 0. The molecule has 108 valence electrons. The van der Waals surface area contributed by atoms with E-state index in [-0.39, 0.29) is 12.2 Å². The Hall–Kier alpha value is -1.95. The van der Waals surface area contributed by atoms with Crippen molar-refractivity contribution in [2.75, 3.05) is 6.54 Å². The van der Waals surface area contributed by atoms with Gasteiger partial charge in [-0.1, -0.05) is 31.0 Å². The fourth-order valence-corrected chi connectivity index (χ4v) is 3.32. The summed E-state index contributed by atoms with van der Waals surface area (Å²) < 4.78 is 0. The molecule has 0 radical (unpaired) electrons. The third-order valence-electron chi connectivity index (χ3n) is 4.33. The second-order valence-electron chi connectivity index (χ2n) is 5.27. The lowest BCUT2D eigenvalue weighted by Gasteiger charge is -2.32. The fraction of sp³-hybridized carbons (Fsp3) is 0.500. The van der Waals surface area contributed by atoms with Gasteiger partial charge in [0.15, 0.2) is 0 Å². The third-order valence-corrected chi connectivity index (χ3v) is 4.33. The van der Waals surface area contributed by atoms with E-state index in [1.807, 2.05) is 0 Å². The Morgan fingerprint density at radius 3 is 2.50 bits per heavy atom. The highest BCUT2D eigenvalue weighted by molar-refractivity contribution is 5.77. The van der Waals surface area contributed by atoms with Gasteiger partial charge in [-0.15, -0.1) is 0 Å². The van der Waals surface area contributed by atoms with Crippen LogP contribution in [0.3, 0.4) is 0 Å². The predicted octanol–water partition coefficient (Wildman–Crippen LogP) is 2.28. The monoisotopic (exact) mass is 278 g/mol. The average molecular weight is 278 g/mol. The standard InChI is InChI=1S/C14H18N2O4/c15-9-11(14(13(17)18)7-3-4-8-14)10-5-1-2-6-12(10)16(19)20/h1-2,5-6,11H,3-4,7-9,15H2,(H,17,18)/t11-/m0/s1. The molecule has 2 rings (SSSR count). The van der Waals surface area contributed by atoms with Crippen LogP contribution in [-0.2, 0) is 4.79 Å². The van der Waals surface area contributed by atoms with Crippen molar-refractivity contribution in [3.8, 4) is 0 Å². The molecule has 0 saturated heterocycles. The second-order valence-corrected chi connectivity index (χ2v) is 5.27. The van der Waals surface area contributed by atoms with Crippen LogP contribution in [-0.4, -0.2) is 22.5 Å². The van der Waals surface area contributed by atoms with Gasteiger partial charge in [0.1, 0.15) is 0 Å². The lowest BCUT2D eigenvalue weighted by Crippen LogP contribution is -2.38. The Bertz CT molecular complexity index is 524. The minimum absolute atomic E-state index is 0.0459. The van der Waals surface area contributed by atoms with Crippen molar-refractivity contribution in [2.45, 2.75) is 31.6 Å². The molecule has 1 fully saturated rings. The third kappa shape index (κ3) is 2.27. The molecule has 0 bridgehead atoms. The highest BCUT2D eigenvalue weighted by Gasteiger charge is 2.49. The zero-order valence-electron chi connectivity index (χ0n) is 11.1. The number of aliphatic carboxylic acids is 1. The Morgan fingerprint density at radius 1 is 1.40 bits per heavy atom. The maximum atomic E-state index is 11.8. The van der Waals surface area contributed by atoms with E-state index in [0.29, 0.717) is 18.4 Å². The molecule has 0 unspecified atom stereocenters. The summed E-state index contributed by atoms with van der Waals surface area (Å²) in [5.74, 6) is -1.42. The van der Waals surface area contributed by atoms with Crippen LogP contribution >= 0.6 is 0 Å². The maximum Gasteiger partial charge on any atom is 0.310 e. The van der Waals surface area contributed by atoms with Crippen LogP contribution in [0.1, 0.15) is 37.2 Å². The summed E-state index contributed by atoms with van der Waals surface area (Å²) in [7, 11) is 0. The highest BCUT2D eigenvalue weighted by atomic mass is 16.6. The first kappa shape index (κ1) is 14.5. The smallest absolute Gasteiger partial charge is 0.310 e. The molecule has 1 aromatic rings. The second kappa shape index (κ2) is 5.58. The van der Waals surface area contributed by atoms with Crippen LogP contribution in [0.4, 0.5) is 5.69 Å². The van der Waals surface area contributed by atoms with Crippen LogP contribution in [0, 0.1) is 15.5 Å². The van der Waals surface area contributed by atoms with Gasteiger partial charge in [0, 0.05) is 24.1 Å². The summed E-state index contributed by atoms with van der Waals surface area (Å²) in [5, 5.41) is 20.8. The zero-order valence-corrected chi connectivity index (χ0v) is 11.1. The van der Waals surface area contributed by atoms with E-state index in [1.165, 1.54) is 6.07 Å². The Morgan fingerprint density at radius 2 is 2.00 bits per heavy atom. The van der Waals surface area contributed by atoms with Crippen molar-refractivity contribution in [1.29, 1.82) is 0 Å². The number of nitro groups is 1. The lowest BCUT2D eigenvalue weighted by atomic mass is 9.70. The van der Waals surface area contributed by atoms with Crippen molar-refractivity contribution in [1.82, 2.24) is 0 Å². The molecular weight excluding hydrogens is 260 g/mol. The van der Waals surface area contributed by atoms with E-state index in [0.717, 1.165) is 12.8 Å². The summed E-state index contributed by atoms with van der Waals surface area (Å²) in [4.78, 5) is 22.4. The molecule has 1 aromatic carbocycles. The number of hydrogen-bond donors (Lipinski definition) is 2. The van der Waals surface area contributed by atoms with Crippen molar-refractivity contribution >= 4 is 11.7 Å².